The molecule has 2 aromatic rings. The second-order valence-corrected chi connectivity index (χ2v) is 5.20. The maximum absolute atomic E-state index is 12.0. The van der Waals surface area contributed by atoms with Crippen LogP contribution in [0.5, 0.6) is 0 Å². The van der Waals surface area contributed by atoms with Crippen molar-refractivity contribution in [3.8, 4) is 6.07 Å². The largest absolute Gasteiger partial charge is 0.365 e. The van der Waals surface area contributed by atoms with Crippen LogP contribution in [0, 0.1) is 11.3 Å². The van der Waals surface area contributed by atoms with Crippen molar-refractivity contribution in [2.75, 3.05) is 5.32 Å². The van der Waals surface area contributed by atoms with Gasteiger partial charge in [-0.2, -0.15) is 10.4 Å². The van der Waals surface area contributed by atoms with Crippen LogP contribution in [-0.4, -0.2) is 25.0 Å². The third kappa shape index (κ3) is 2.53. The highest BCUT2D eigenvalue weighted by molar-refractivity contribution is 5.51. The summed E-state index contributed by atoms with van der Waals surface area (Å²) < 4.78 is 3.96. The molecule has 0 amide bonds. The van der Waals surface area contributed by atoms with E-state index in [2.05, 4.69) is 10.4 Å². The maximum Gasteiger partial charge on any atom is 0.332 e. The third-order valence-corrected chi connectivity index (χ3v) is 3.81. The van der Waals surface area contributed by atoms with E-state index in [1.54, 1.807) is 10.9 Å². The molecule has 0 aliphatic carbocycles. The molecule has 0 bridgehead atoms. The molecule has 116 valence electrons. The van der Waals surface area contributed by atoms with Crippen molar-refractivity contribution in [2.24, 2.45) is 14.1 Å². The summed E-state index contributed by atoms with van der Waals surface area (Å²) in [6.07, 6.45) is 3.51. The van der Waals surface area contributed by atoms with Crippen molar-refractivity contribution in [3.63, 3.8) is 0 Å². The minimum Gasteiger partial charge on any atom is -0.365 e. The summed E-state index contributed by atoms with van der Waals surface area (Å²) in [5.41, 5.74) is -1.17. The first-order valence-electron chi connectivity index (χ1n) is 6.84. The summed E-state index contributed by atoms with van der Waals surface area (Å²) in [6.45, 7) is 3.85. The predicted molar refractivity (Wildman–Crippen MR) is 81.7 cm³/mol. The fourth-order valence-corrected chi connectivity index (χ4v) is 2.20. The Kier molecular flexibility index (Phi) is 4.17. The zero-order chi connectivity index (χ0) is 16.4. The molecule has 8 nitrogen and oxygen atoms in total. The molecule has 0 aliphatic heterocycles. The molecule has 1 N–H and O–H groups in total. The van der Waals surface area contributed by atoms with Gasteiger partial charge in [0, 0.05) is 32.5 Å². The predicted octanol–water partition coefficient (Wildman–Crippen LogP) is 0.214. The van der Waals surface area contributed by atoms with Gasteiger partial charge in [-0.25, -0.2) is 4.79 Å². The van der Waals surface area contributed by atoms with Crippen LogP contribution >= 0.6 is 0 Å². The molecule has 22 heavy (non-hydrogen) atoms. The highest BCUT2D eigenvalue weighted by Crippen LogP contribution is 2.16. The highest BCUT2D eigenvalue weighted by Gasteiger charge is 2.20. The lowest BCUT2D eigenvalue weighted by Gasteiger charge is -2.24. The van der Waals surface area contributed by atoms with E-state index in [4.69, 9.17) is 0 Å². The quantitative estimate of drug-likeness (QED) is 0.871. The minimum absolute atomic E-state index is 0.0271. The van der Waals surface area contributed by atoms with E-state index >= 15 is 0 Å². The van der Waals surface area contributed by atoms with E-state index in [1.165, 1.54) is 18.7 Å². The van der Waals surface area contributed by atoms with E-state index in [0.717, 1.165) is 4.57 Å². The second-order valence-electron chi connectivity index (χ2n) is 5.20. The lowest BCUT2D eigenvalue weighted by molar-refractivity contribution is 0.441. The number of nitrogens with one attached hydrogen (secondary N) is 1. The lowest BCUT2D eigenvalue weighted by atomic mass is 10.1. The Balaban J connectivity index is 2.44. The van der Waals surface area contributed by atoms with E-state index in [-0.39, 0.29) is 23.5 Å². The van der Waals surface area contributed by atoms with Crippen molar-refractivity contribution >= 4 is 5.82 Å². The number of hydrogen-bond acceptors (Lipinski definition) is 5. The normalized spacial score (nSPS) is 13.4. The van der Waals surface area contributed by atoms with Gasteiger partial charge in [0.15, 0.2) is 5.56 Å². The van der Waals surface area contributed by atoms with Crippen LogP contribution in [0.4, 0.5) is 5.82 Å². The SMILES string of the molecule is C[C@@H](Nc1c(C#N)c(=O)n(C)c(=O)n1C)[C@H](C)n1cccn1. The van der Waals surface area contributed by atoms with Crippen molar-refractivity contribution in [3.05, 3.63) is 44.9 Å². The van der Waals surface area contributed by atoms with Crippen LogP contribution in [0.1, 0.15) is 25.5 Å². The van der Waals surface area contributed by atoms with Crippen LogP contribution in [-0.2, 0) is 14.1 Å². The summed E-state index contributed by atoms with van der Waals surface area (Å²) in [7, 11) is 2.88. The Morgan fingerprint density at radius 2 is 1.95 bits per heavy atom. The third-order valence-electron chi connectivity index (χ3n) is 3.81. The van der Waals surface area contributed by atoms with E-state index in [9.17, 15) is 14.9 Å². The van der Waals surface area contributed by atoms with Crippen LogP contribution in [0.3, 0.4) is 0 Å². The van der Waals surface area contributed by atoms with Gasteiger partial charge < -0.3 is 5.32 Å². The molecule has 2 heterocycles. The van der Waals surface area contributed by atoms with Crippen molar-refractivity contribution in [2.45, 2.75) is 25.9 Å². The van der Waals surface area contributed by atoms with Gasteiger partial charge in [0.1, 0.15) is 11.9 Å². The van der Waals surface area contributed by atoms with Gasteiger partial charge in [-0.15, -0.1) is 0 Å². The van der Waals surface area contributed by atoms with Crippen LogP contribution < -0.4 is 16.6 Å². The summed E-state index contributed by atoms with van der Waals surface area (Å²) in [5.74, 6) is 0.224. The zero-order valence-electron chi connectivity index (χ0n) is 12.9. The van der Waals surface area contributed by atoms with Gasteiger partial charge in [0.05, 0.1) is 6.04 Å². The molecule has 0 aliphatic rings. The number of aromatic nitrogens is 4. The second kappa shape index (κ2) is 5.89. The molecule has 2 aromatic heterocycles. The van der Waals surface area contributed by atoms with Gasteiger partial charge in [0.2, 0.25) is 0 Å². The van der Waals surface area contributed by atoms with E-state index < -0.39 is 11.2 Å². The molecule has 0 spiro atoms. The number of nitriles is 1. The standard InChI is InChI=1S/C14H18N6O2/c1-9(10(2)20-7-5-6-16-20)17-12-11(8-15)13(21)19(4)14(22)18(12)3/h5-7,9-10,17H,1-4H3/t9-,10+/m1/s1. The molecular formula is C14H18N6O2. The lowest BCUT2D eigenvalue weighted by Crippen LogP contribution is -2.41. The van der Waals surface area contributed by atoms with Gasteiger partial charge in [-0.1, -0.05) is 0 Å². The molecule has 2 atom stereocenters. The maximum atomic E-state index is 12.0. The first-order valence-corrected chi connectivity index (χ1v) is 6.84. The molecular weight excluding hydrogens is 284 g/mol. The Morgan fingerprint density at radius 3 is 2.50 bits per heavy atom. The summed E-state index contributed by atoms with van der Waals surface area (Å²) in [6, 6.07) is 3.52. The van der Waals surface area contributed by atoms with Crippen molar-refractivity contribution < 1.29 is 0 Å². The zero-order valence-corrected chi connectivity index (χ0v) is 12.9. The molecule has 0 saturated carbocycles. The van der Waals surface area contributed by atoms with Gasteiger partial charge in [-0.3, -0.25) is 18.6 Å². The molecule has 0 radical (unpaired) electrons. The average molecular weight is 302 g/mol. The molecule has 0 saturated heterocycles. The summed E-state index contributed by atoms with van der Waals surface area (Å²) in [5, 5.41) is 16.5. The van der Waals surface area contributed by atoms with Gasteiger partial charge in [-0.05, 0) is 19.9 Å². The Labute approximate surface area is 127 Å². The smallest absolute Gasteiger partial charge is 0.332 e. The van der Waals surface area contributed by atoms with Crippen molar-refractivity contribution in [1.82, 2.24) is 18.9 Å². The Hall–Kier alpha value is -2.82. The first-order chi connectivity index (χ1) is 10.4. The number of nitrogens with zero attached hydrogens (tertiary/aromatic N) is 5. The monoisotopic (exact) mass is 302 g/mol. The number of anilines is 1. The first kappa shape index (κ1) is 15.6. The van der Waals surface area contributed by atoms with E-state index in [1.807, 2.05) is 32.2 Å². The number of rotatable bonds is 4. The molecule has 8 heteroatoms. The Morgan fingerprint density at radius 1 is 1.27 bits per heavy atom. The fraction of sp³-hybridized carbons (Fsp3) is 0.429. The fourth-order valence-electron chi connectivity index (χ4n) is 2.20. The average Bonchev–Trinajstić information content (AvgIpc) is 3.04. The summed E-state index contributed by atoms with van der Waals surface area (Å²) in [4.78, 5) is 24.1. The van der Waals surface area contributed by atoms with Crippen LogP contribution in [0.25, 0.3) is 0 Å². The number of hydrogen-bond donors (Lipinski definition) is 1. The Bertz CT molecular complexity index is 825. The molecule has 2 rings (SSSR count). The van der Waals surface area contributed by atoms with E-state index in [0.29, 0.717) is 0 Å². The molecule has 0 fully saturated rings. The molecule has 0 unspecified atom stereocenters. The van der Waals surface area contributed by atoms with Gasteiger partial charge >= 0.3 is 5.69 Å². The molecule has 0 aromatic carbocycles. The van der Waals surface area contributed by atoms with Crippen LogP contribution in [0.2, 0.25) is 0 Å². The topological polar surface area (TPSA) is 97.6 Å². The van der Waals surface area contributed by atoms with Crippen molar-refractivity contribution in [1.29, 1.82) is 5.26 Å². The van der Waals surface area contributed by atoms with Crippen LogP contribution in [0.15, 0.2) is 28.0 Å². The minimum atomic E-state index is -0.605. The highest BCUT2D eigenvalue weighted by atomic mass is 16.2. The summed E-state index contributed by atoms with van der Waals surface area (Å²) >= 11 is 0. The van der Waals surface area contributed by atoms with Gasteiger partial charge in [0.25, 0.3) is 5.56 Å².